The Labute approximate surface area is 133 Å². The summed E-state index contributed by atoms with van der Waals surface area (Å²) in [5.41, 5.74) is 2.12. The van der Waals surface area contributed by atoms with Gasteiger partial charge in [0.2, 0.25) is 0 Å². The highest BCUT2D eigenvalue weighted by Gasteiger charge is 2.26. The number of hydrogen-bond donors (Lipinski definition) is 1. The number of fused-ring (bicyclic) bond motifs is 1. The van der Waals surface area contributed by atoms with Crippen molar-refractivity contribution in [2.75, 3.05) is 12.9 Å². The molecule has 0 fully saturated rings. The molecule has 0 saturated carbocycles. The molecule has 1 atom stereocenters. The van der Waals surface area contributed by atoms with Crippen LogP contribution in [0.2, 0.25) is 0 Å². The van der Waals surface area contributed by atoms with E-state index < -0.39 is 6.10 Å². The zero-order chi connectivity index (χ0) is 15.0. The van der Waals surface area contributed by atoms with Crippen LogP contribution in [0.1, 0.15) is 47.0 Å². The molecule has 0 radical (unpaired) electrons. The zero-order valence-electron chi connectivity index (χ0n) is 12.5. The molecular weight excluding hydrogens is 304 g/mol. The van der Waals surface area contributed by atoms with E-state index in [9.17, 15) is 5.11 Å². The molecule has 0 amide bonds. The van der Waals surface area contributed by atoms with Crippen LogP contribution >= 0.6 is 23.1 Å². The summed E-state index contributed by atoms with van der Waals surface area (Å²) in [6.45, 7) is 4.11. The number of aliphatic hydroxyl groups is 1. The molecular formula is C15H20N2O2S2. The number of thioether (sulfide) groups is 1. The molecule has 3 heterocycles. The van der Waals surface area contributed by atoms with Crippen molar-refractivity contribution in [3.8, 4) is 5.75 Å². The minimum atomic E-state index is -0.676. The molecule has 1 N–H and O–H groups in total. The molecule has 0 bridgehead atoms. The third kappa shape index (κ3) is 2.72. The Hall–Kier alpha value is -0.980. The lowest BCUT2D eigenvalue weighted by Crippen LogP contribution is -2.12. The third-order valence-electron chi connectivity index (χ3n) is 3.68. The number of hydrogen-bond acceptors (Lipinski definition) is 5. The van der Waals surface area contributed by atoms with Gasteiger partial charge in [0.1, 0.15) is 11.8 Å². The van der Waals surface area contributed by atoms with E-state index in [0.29, 0.717) is 5.75 Å². The van der Waals surface area contributed by atoms with E-state index in [1.165, 1.54) is 16.2 Å². The molecule has 4 nitrogen and oxygen atoms in total. The summed E-state index contributed by atoms with van der Waals surface area (Å²) in [7, 11) is 1.62. The van der Waals surface area contributed by atoms with Crippen molar-refractivity contribution in [3.63, 3.8) is 0 Å². The third-order valence-corrected chi connectivity index (χ3v) is 5.98. The number of rotatable bonds is 4. The first-order valence-corrected chi connectivity index (χ1v) is 9.07. The summed E-state index contributed by atoms with van der Waals surface area (Å²) >= 11 is 3.68. The summed E-state index contributed by atoms with van der Waals surface area (Å²) in [4.78, 5) is 2.40. The Balaban J connectivity index is 1.99. The highest BCUT2D eigenvalue weighted by Crippen LogP contribution is 2.39. The van der Waals surface area contributed by atoms with Crippen LogP contribution in [0, 0.1) is 0 Å². The molecule has 0 aromatic carbocycles. The van der Waals surface area contributed by atoms with E-state index in [0.717, 1.165) is 22.7 Å². The standard InChI is InChI=1S/C15H20N2O2S2/c1-9(2)17-14(11(19-3)7-16-17)15(18)13-6-10-8-20-5-4-12(10)21-13/h6-7,9,15,18H,4-5,8H2,1-3H3. The molecule has 6 heteroatoms. The van der Waals surface area contributed by atoms with Gasteiger partial charge in [0.05, 0.1) is 13.3 Å². The van der Waals surface area contributed by atoms with Crippen LogP contribution in [-0.4, -0.2) is 27.7 Å². The van der Waals surface area contributed by atoms with Crippen LogP contribution in [-0.2, 0) is 12.2 Å². The fraction of sp³-hybridized carbons (Fsp3) is 0.533. The monoisotopic (exact) mass is 324 g/mol. The van der Waals surface area contributed by atoms with Crippen LogP contribution in [0.4, 0.5) is 0 Å². The first-order valence-electron chi connectivity index (χ1n) is 7.10. The predicted molar refractivity (Wildman–Crippen MR) is 87.4 cm³/mol. The number of aryl methyl sites for hydroxylation is 1. The fourth-order valence-electron chi connectivity index (χ4n) is 2.62. The summed E-state index contributed by atoms with van der Waals surface area (Å²) in [5.74, 6) is 2.88. The van der Waals surface area contributed by atoms with E-state index in [4.69, 9.17) is 4.74 Å². The Kier molecular flexibility index (Phi) is 4.28. The molecule has 2 aromatic rings. The number of thiophene rings is 1. The number of ether oxygens (including phenoxy) is 1. The Morgan fingerprint density at radius 2 is 2.24 bits per heavy atom. The Morgan fingerprint density at radius 3 is 2.90 bits per heavy atom. The van der Waals surface area contributed by atoms with Crippen molar-refractivity contribution in [1.29, 1.82) is 0 Å². The average molecular weight is 324 g/mol. The van der Waals surface area contributed by atoms with Crippen molar-refractivity contribution in [3.05, 3.63) is 33.3 Å². The molecule has 0 saturated heterocycles. The molecule has 0 spiro atoms. The van der Waals surface area contributed by atoms with E-state index in [1.54, 1.807) is 24.6 Å². The highest BCUT2D eigenvalue weighted by molar-refractivity contribution is 7.98. The summed E-state index contributed by atoms with van der Waals surface area (Å²) in [6, 6.07) is 2.33. The normalized spacial score (nSPS) is 16.0. The second kappa shape index (κ2) is 6.02. The fourth-order valence-corrected chi connectivity index (χ4v) is 4.99. The van der Waals surface area contributed by atoms with E-state index >= 15 is 0 Å². The Bertz CT molecular complexity index is 610. The lowest BCUT2D eigenvalue weighted by atomic mass is 10.1. The lowest BCUT2D eigenvalue weighted by Gasteiger charge is -2.16. The molecule has 21 heavy (non-hydrogen) atoms. The van der Waals surface area contributed by atoms with Crippen LogP contribution in [0.3, 0.4) is 0 Å². The lowest BCUT2D eigenvalue weighted by molar-refractivity contribution is 0.203. The minimum Gasteiger partial charge on any atom is -0.493 e. The van der Waals surface area contributed by atoms with Gasteiger partial charge in [0.25, 0.3) is 0 Å². The first-order chi connectivity index (χ1) is 10.1. The molecule has 1 aliphatic rings. The van der Waals surface area contributed by atoms with Crippen LogP contribution in [0.25, 0.3) is 0 Å². The van der Waals surface area contributed by atoms with Gasteiger partial charge in [-0.1, -0.05) is 0 Å². The molecule has 1 unspecified atom stereocenters. The highest BCUT2D eigenvalue weighted by atomic mass is 32.2. The second-order valence-corrected chi connectivity index (χ2v) is 7.71. The van der Waals surface area contributed by atoms with Crippen molar-refractivity contribution >= 4 is 23.1 Å². The van der Waals surface area contributed by atoms with Gasteiger partial charge < -0.3 is 9.84 Å². The summed E-state index contributed by atoms with van der Waals surface area (Å²) in [6.07, 6.45) is 2.12. The van der Waals surface area contributed by atoms with Crippen LogP contribution in [0.15, 0.2) is 12.3 Å². The van der Waals surface area contributed by atoms with Crippen molar-refractivity contribution in [1.82, 2.24) is 9.78 Å². The van der Waals surface area contributed by atoms with Crippen molar-refractivity contribution in [2.24, 2.45) is 0 Å². The quantitative estimate of drug-likeness (QED) is 0.936. The zero-order valence-corrected chi connectivity index (χ0v) is 14.1. The molecule has 3 rings (SSSR count). The van der Waals surface area contributed by atoms with Gasteiger partial charge in [-0.2, -0.15) is 16.9 Å². The number of aliphatic hydroxyl groups excluding tert-OH is 1. The first kappa shape index (κ1) is 14.9. The molecule has 0 aliphatic carbocycles. The predicted octanol–water partition coefficient (Wildman–Crippen LogP) is 3.41. The van der Waals surface area contributed by atoms with E-state index in [-0.39, 0.29) is 6.04 Å². The Morgan fingerprint density at radius 1 is 1.43 bits per heavy atom. The second-order valence-electron chi connectivity index (χ2n) is 5.44. The number of methoxy groups -OCH3 is 1. The van der Waals surface area contributed by atoms with Gasteiger partial charge in [-0.25, -0.2) is 0 Å². The number of aromatic nitrogens is 2. The van der Waals surface area contributed by atoms with Gasteiger partial charge in [0, 0.05) is 21.5 Å². The maximum Gasteiger partial charge on any atom is 0.163 e. The average Bonchev–Trinajstić information content (AvgIpc) is 3.09. The van der Waals surface area contributed by atoms with Gasteiger partial charge in [-0.3, -0.25) is 4.68 Å². The summed E-state index contributed by atoms with van der Waals surface area (Å²) in [5, 5.41) is 15.2. The van der Waals surface area contributed by atoms with E-state index in [2.05, 4.69) is 25.0 Å². The van der Waals surface area contributed by atoms with Crippen LogP contribution < -0.4 is 4.74 Å². The summed E-state index contributed by atoms with van der Waals surface area (Å²) < 4.78 is 7.22. The largest absolute Gasteiger partial charge is 0.493 e. The minimum absolute atomic E-state index is 0.184. The topological polar surface area (TPSA) is 47.3 Å². The van der Waals surface area contributed by atoms with Crippen LogP contribution in [0.5, 0.6) is 5.75 Å². The molecule has 114 valence electrons. The SMILES string of the molecule is COc1cnn(C(C)C)c1C(O)c1cc2c(s1)CCSC2. The number of nitrogens with zero attached hydrogens (tertiary/aromatic N) is 2. The molecule has 1 aliphatic heterocycles. The van der Waals surface area contributed by atoms with Gasteiger partial charge >= 0.3 is 0 Å². The van der Waals surface area contributed by atoms with Gasteiger partial charge in [-0.15, -0.1) is 11.3 Å². The van der Waals surface area contributed by atoms with Gasteiger partial charge in [0.15, 0.2) is 5.75 Å². The van der Waals surface area contributed by atoms with Crippen molar-refractivity contribution in [2.45, 2.75) is 38.2 Å². The molecule has 2 aromatic heterocycles. The van der Waals surface area contributed by atoms with Crippen molar-refractivity contribution < 1.29 is 9.84 Å². The van der Waals surface area contributed by atoms with Gasteiger partial charge in [-0.05, 0) is 37.7 Å². The smallest absolute Gasteiger partial charge is 0.163 e. The maximum absolute atomic E-state index is 10.8. The van der Waals surface area contributed by atoms with E-state index in [1.807, 2.05) is 16.4 Å². The maximum atomic E-state index is 10.8.